The fraction of sp³-hybridized carbons (Fsp3) is 0.206. The zero-order chi connectivity index (χ0) is 30.3. The number of nitrogens with zero attached hydrogens (tertiary/aromatic N) is 2. The lowest BCUT2D eigenvalue weighted by molar-refractivity contribution is -0.120. The van der Waals surface area contributed by atoms with Gasteiger partial charge in [0.15, 0.2) is 5.78 Å². The summed E-state index contributed by atoms with van der Waals surface area (Å²) >= 11 is 3.42. The summed E-state index contributed by atoms with van der Waals surface area (Å²) in [4.78, 5) is 40.6. The van der Waals surface area contributed by atoms with Crippen molar-refractivity contribution in [2.45, 2.75) is 25.7 Å². The van der Waals surface area contributed by atoms with Gasteiger partial charge in [0.25, 0.3) is 0 Å². The number of ketones is 1. The van der Waals surface area contributed by atoms with Crippen LogP contribution >= 0.6 is 15.9 Å². The van der Waals surface area contributed by atoms with Gasteiger partial charge in [-0.2, -0.15) is 0 Å². The summed E-state index contributed by atoms with van der Waals surface area (Å²) in [5.74, 6) is -1.35. The summed E-state index contributed by atoms with van der Waals surface area (Å²) in [6.45, 7) is 1.85. The Morgan fingerprint density at radius 1 is 0.884 bits per heavy atom. The SMILES string of the molecule is COc1cc(CC(=O)NN(c2ccc(C(=O)c3ccccc3)cc2)c2ccccc2N2CCCCC2)c(Br)cc1C(=O)O. The van der Waals surface area contributed by atoms with Gasteiger partial charge in [0.2, 0.25) is 5.91 Å². The third-order valence-corrected chi connectivity index (χ3v) is 8.17. The van der Waals surface area contributed by atoms with Crippen molar-refractivity contribution >= 4 is 50.7 Å². The average Bonchev–Trinajstić information content (AvgIpc) is 3.05. The highest BCUT2D eigenvalue weighted by Crippen LogP contribution is 2.35. The van der Waals surface area contributed by atoms with Crippen molar-refractivity contribution < 1.29 is 24.2 Å². The summed E-state index contributed by atoms with van der Waals surface area (Å²) in [7, 11) is 1.39. The van der Waals surface area contributed by atoms with E-state index in [1.54, 1.807) is 35.3 Å². The number of carboxylic acid groups (broad SMARTS) is 1. The van der Waals surface area contributed by atoms with Crippen molar-refractivity contribution in [1.82, 2.24) is 5.43 Å². The van der Waals surface area contributed by atoms with Gasteiger partial charge in [0, 0.05) is 28.7 Å². The largest absolute Gasteiger partial charge is 0.496 e. The summed E-state index contributed by atoms with van der Waals surface area (Å²) in [6, 6.07) is 27.2. The number of para-hydroxylation sites is 2. The van der Waals surface area contributed by atoms with Crippen LogP contribution in [0.1, 0.15) is 51.1 Å². The van der Waals surface area contributed by atoms with Crippen LogP contribution in [-0.2, 0) is 11.2 Å². The number of rotatable bonds is 10. The van der Waals surface area contributed by atoms with Crippen LogP contribution in [0, 0.1) is 0 Å². The van der Waals surface area contributed by atoms with Crippen LogP contribution in [0.2, 0.25) is 0 Å². The predicted molar refractivity (Wildman–Crippen MR) is 170 cm³/mol. The molecule has 8 nitrogen and oxygen atoms in total. The molecule has 0 bridgehead atoms. The average molecular weight is 643 g/mol. The van der Waals surface area contributed by atoms with Crippen molar-refractivity contribution in [1.29, 1.82) is 0 Å². The Bertz CT molecular complexity index is 1620. The smallest absolute Gasteiger partial charge is 0.339 e. The molecule has 1 aliphatic rings. The number of ether oxygens (including phenoxy) is 1. The molecule has 4 aromatic carbocycles. The minimum atomic E-state index is -1.12. The van der Waals surface area contributed by atoms with E-state index in [0.29, 0.717) is 26.9 Å². The van der Waals surface area contributed by atoms with Gasteiger partial charge in [-0.25, -0.2) is 4.79 Å². The highest BCUT2D eigenvalue weighted by molar-refractivity contribution is 9.10. The van der Waals surface area contributed by atoms with Crippen LogP contribution < -0.4 is 20.1 Å². The topological polar surface area (TPSA) is 99.2 Å². The number of nitrogens with one attached hydrogen (secondary N) is 1. The second kappa shape index (κ2) is 13.6. The summed E-state index contributed by atoms with van der Waals surface area (Å²) in [6.07, 6.45) is 3.34. The molecule has 1 saturated heterocycles. The van der Waals surface area contributed by atoms with E-state index in [-0.39, 0.29) is 29.4 Å². The van der Waals surface area contributed by atoms with Crippen molar-refractivity contribution in [2.75, 3.05) is 30.1 Å². The van der Waals surface area contributed by atoms with Crippen molar-refractivity contribution in [3.05, 3.63) is 118 Å². The number of hydrogen-bond acceptors (Lipinski definition) is 6. The third-order valence-electron chi connectivity index (χ3n) is 7.43. The summed E-state index contributed by atoms with van der Waals surface area (Å²) in [5.41, 5.74) is 7.27. The van der Waals surface area contributed by atoms with E-state index in [4.69, 9.17) is 4.74 Å². The zero-order valence-electron chi connectivity index (χ0n) is 23.8. The first kappa shape index (κ1) is 29.8. The molecular formula is C34H32BrN3O5. The first-order valence-electron chi connectivity index (χ1n) is 14.1. The molecule has 1 fully saturated rings. The molecule has 0 saturated carbocycles. The lowest BCUT2D eigenvalue weighted by Gasteiger charge is -2.34. The molecule has 0 atom stereocenters. The summed E-state index contributed by atoms with van der Waals surface area (Å²) in [5, 5.41) is 11.3. The molecule has 0 radical (unpaired) electrons. The van der Waals surface area contributed by atoms with E-state index in [9.17, 15) is 19.5 Å². The maximum absolute atomic E-state index is 13.6. The number of carbonyl (C=O) groups is 3. The van der Waals surface area contributed by atoms with Gasteiger partial charge in [-0.1, -0.05) is 58.4 Å². The Hall–Kier alpha value is -4.63. The lowest BCUT2D eigenvalue weighted by Crippen LogP contribution is -2.41. The second-order valence-electron chi connectivity index (χ2n) is 10.3. The van der Waals surface area contributed by atoms with Crippen LogP contribution in [0.5, 0.6) is 5.75 Å². The third kappa shape index (κ3) is 6.89. The lowest BCUT2D eigenvalue weighted by atomic mass is 10.0. The molecule has 220 valence electrons. The van der Waals surface area contributed by atoms with Crippen LogP contribution in [0.15, 0.2) is 95.5 Å². The zero-order valence-corrected chi connectivity index (χ0v) is 25.3. The molecule has 4 aromatic rings. The van der Waals surface area contributed by atoms with Gasteiger partial charge in [-0.15, -0.1) is 0 Å². The van der Waals surface area contributed by atoms with Crippen LogP contribution in [0.4, 0.5) is 17.1 Å². The van der Waals surface area contributed by atoms with Crippen molar-refractivity contribution in [3.63, 3.8) is 0 Å². The number of piperidine rings is 1. The quantitative estimate of drug-likeness (QED) is 0.145. The molecule has 1 aliphatic heterocycles. The number of carboxylic acids is 1. The fourth-order valence-electron chi connectivity index (χ4n) is 5.24. The highest BCUT2D eigenvalue weighted by atomic mass is 79.9. The Labute approximate surface area is 259 Å². The first-order valence-corrected chi connectivity index (χ1v) is 14.9. The second-order valence-corrected chi connectivity index (χ2v) is 11.1. The van der Waals surface area contributed by atoms with E-state index in [1.807, 2.05) is 48.5 Å². The number of halogens is 1. The Morgan fingerprint density at radius 2 is 1.53 bits per heavy atom. The molecule has 0 spiro atoms. The molecule has 0 aromatic heterocycles. The molecule has 2 N–H and O–H groups in total. The number of aromatic carboxylic acids is 1. The number of methoxy groups -OCH3 is 1. The maximum Gasteiger partial charge on any atom is 0.339 e. The molecule has 0 unspecified atom stereocenters. The van der Waals surface area contributed by atoms with Gasteiger partial charge in [-0.3, -0.25) is 20.0 Å². The number of hydrazine groups is 1. The highest BCUT2D eigenvalue weighted by Gasteiger charge is 2.23. The fourth-order valence-corrected chi connectivity index (χ4v) is 5.73. The van der Waals surface area contributed by atoms with Gasteiger partial charge < -0.3 is 14.7 Å². The minimum absolute atomic E-state index is 0.000702. The van der Waals surface area contributed by atoms with Crippen molar-refractivity contribution in [3.8, 4) is 5.75 Å². The number of hydrogen-bond donors (Lipinski definition) is 2. The van der Waals surface area contributed by atoms with Crippen molar-refractivity contribution in [2.24, 2.45) is 0 Å². The predicted octanol–water partition coefficient (Wildman–Crippen LogP) is 6.79. The van der Waals surface area contributed by atoms with Gasteiger partial charge >= 0.3 is 5.97 Å². The number of carbonyl (C=O) groups excluding carboxylic acids is 2. The monoisotopic (exact) mass is 641 g/mol. The van der Waals surface area contributed by atoms with E-state index >= 15 is 0 Å². The number of benzene rings is 4. The molecule has 0 aliphatic carbocycles. The first-order chi connectivity index (χ1) is 20.9. The molecule has 43 heavy (non-hydrogen) atoms. The van der Waals surface area contributed by atoms with Gasteiger partial charge in [-0.05, 0) is 73.4 Å². The molecule has 5 rings (SSSR count). The molecule has 1 heterocycles. The van der Waals surface area contributed by atoms with E-state index in [2.05, 4.69) is 32.3 Å². The van der Waals surface area contributed by atoms with Crippen LogP contribution in [-0.4, -0.2) is 43.0 Å². The number of anilines is 3. The summed E-state index contributed by atoms with van der Waals surface area (Å²) < 4.78 is 5.76. The van der Waals surface area contributed by atoms with E-state index in [0.717, 1.165) is 37.3 Å². The minimum Gasteiger partial charge on any atom is -0.496 e. The Balaban J connectivity index is 1.48. The Morgan fingerprint density at radius 3 is 2.21 bits per heavy atom. The standard InChI is InChI=1S/C34H32BrN3O5/c1-43-31-20-25(28(35)22-27(31)34(41)42)21-32(39)36-38(30-13-7-6-12-29(30)37-18-8-3-9-19-37)26-16-14-24(15-17-26)33(40)23-10-4-2-5-11-23/h2,4-7,10-17,20,22H,3,8-9,18-19,21H2,1H3,(H,36,39)(H,41,42). The van der Waals surface area contributed by atoms with E-state index < -0.39 is 5.97 Å². The van der Waals surface area contributed by atoms with E-state index in [1.165, 1.54) is 19.6 Å². The Kier molecular flexibility index (Phi) is 9.41. The maximum atomic E-state index is 13.6. The van der Waals surface area contributed by atoms with Gasteiger partial charge in [0.1, 0.15) is 11.3 Å². The van der Waals surface area contributed by atoms with Gasteiger partial charge in [0.05, 0.1) is 30.6 Å². The molecular weight excluding hydrogens is 610 g/mol. The molecule has 9 heteroatoms. The van der Waals surface area contributed by atoms with Crippen LogP contribution in [0.25, 0.3) is 0 Å². The van der Waals surface area contributed by atoms with Crippen LogP contribution in [0.3, 0.4) is 0 Å². The number of amides is 1. The molecule has 1 amide bonds. The normalized spacial score (nSPS) is 12.8.